The largest absolute Gasteiger partial charge is 0.477 e. The predicted octanol–water partition coefficient (Wildman–Crippen LogP) is 5.20. The third-order valence-electron chi connectivity index (χ3n) is 6.01. The van der Waals surface area contributed by atoms with E-state index in [0.717, 1.165) is 40.5 Å². The quantitative estimate of drug-likeness (QED) is 0.300. The van der Waals surface area contributed by atoms with Crippen molar-refractivity contribution in [2.75, 3.05) is 6.54 Å². The number of fused-ring (bicyclic) bond motifs is 2. The van der Waals surface area contributed by atoms with Crippen LogP contribution in [-0.2, 0) is 19.5 Å². The van der Waals surface area contributed by atoms with Crippen LogP contribution in [0.25, 0.3) is 21.8 Å². The molecule has 5 aromatic rings. The van der Waals surface area contributed by atoms with E-state index in [9.17, 15) is 9.90 Å². The van der Waals surface area contributed by atoms with Gasteiger partial charge in [0.2, 0.25) is 0 Å². The van der Waals surface area contributed by atoms with Gasteiger partial charge in [0.1, 0.15) is 5.69 Å². The number of aromatic carboxylic acids is 1. The number of carbonyl (C=O) groups is 1. The number of H-pyrrole nitrogens is 1. The van der Waals surface area contributed by atoms with Gasteiger partial charge in [0.05, 0.1) is 0 Å². The molecule has 5 nitrogen and oxygen atoms in total. The van der Waals surface area contributed by atoms with Crippen LogP contribution in [0.4, 0.5) is 0 Å². The highest BCUT2D eigenvalue weighted by Gasteiger charge is 2.22. The highest BCUT2D eigenvalue weighted by Crippen LogP contribution is 2.27. The summed E-state index contributed by atoms with van der Waals surface area (Å²) in [5, 5.41) is 15.8. The number of carboxylic acid groups (broad SMARTS) is 1. The molecule has 0 atom stereocenters. The van der Waals surface area contributed by atoms with Gasteiger partial charge in [0.25, 0.3) is 0 Å². The molecule has 5 heteroatoms. The Hall–Kier alpha value is -3.83. The van der Waals surface area contributed by atoms with Crippen molar-refractivity contribution >= 4 is 27.8 Å². The average Bonchev–Trinajstić information content (AvgIpc) is 3.37. The first-order valence-electron chi connectivity index (χ1n) is 10.9. The van der Waals surface area contributed by atoms with E-state index >= 15 is 0 Å². The zero-order valence-electron chi connectivity index (χ0n) is 17.7. The van der Waals surface area contributed by atoms with Crippen LogP contribution in [0.5, 0.6) is 0 Å². The SMILES string of the molecule is O=C(O)c1c(CNCCc2c[nH]c3ccccc23)c2ccccc2n1Cc1ccccc1. The van der Waals surface area contributed by atoms with E-state index in [-0.39, 0.29) is 0 Å². The van der Waals surface area contributed by atoms with E-state index in [0.29, 0.717) is 18.8 Å². The summed E-state index contributed by atoms with van der Waals surface area (Å²) in [6.45, 7) is 1.80. The second-order valence-electron chi connectivity index (χ2n) is 8.01. The summed E-state index contributed by atoms with van der Waals surface area (Å²) >= 11 is 0. The Bertz CT molecular complexity index is 1380. The Morgan fingerprint density at radius 2 is 1.62 bits per heavy atom. The molecule has 0 aliphatic carbocycles. The van der Waals surface area contributed by atoms with Crippen molar-refractivity contribution in [2.45, 2.75) is 19.5 Å². The van der Waals surface area contributed by atoms with Gasteiger partial charge in [-0.2, -0.15) is 0 Å². The van der Waals surface area contributed by atoms with E-state index in [1.54, 1.807) is 0 Å². The summed E-state index contributed by atoms with van der Waals surface area (Å²) in [7, 11) is 0. The van der Waals surface area contributed by atoms with Gasteiger partial charge in [-0.05, 0) is 36.2 Å². The monoisotopic (exact) mass is 423 g/mol. The zero-order valence-corrected chi connectivity index (χ0v) is 17.7. The van der Waals surface area contributed by atoms with Gasteiger partial charge in [-0.25, -0.2) is 4.79 Å². The van der Waals surface area contributed by atoms with E-state index in [4.69, 9.17) is 0 Å². The molecule has 160 valence electrons. The first kappa shape index (κ1) is 20.1. The fourth-order valence-corrected chi connectivity index (χ4v) is 4.50. The van der Waals surface area contributed by atoms with Crippen LogP contribution < -0.4 is 5.32 Å². The number of aromatic nitrogens is 2. The molecule has 0 radical (unpaired) electrons. The van der Waals surface area contributed by atoms with Gasteiger partial charge in [-0.15, -0.1) is 0 Å². The lowest BCUT2D eigenvalue weighted by molar-refractivity contribution is 0.0685. The maximum Gasteiger partial charge on any atom is 0.352 e. The molecular weight excluding hydrogens is 398 g/mol. The summed E-state index contributed by atoms with van der Waals surface area (Å²) in [6, 6.07) is 26.2. The number of hydrogen-bond donors (Lipinski definition) is 3. The van der Waals surface area contributed by atoms with E-state index in [1.165, 1.54) is 10.9 Å². The second kappa shape index (κ2) is 8.73. The zero-order chi connectivity index (χ0) is 21.9. The molecule has 0 fully saturated rings. The van der Waals surface area contributed by atoms with Gasteiger partial charge in [0.15, 0.2) is 0 Å². The third kappa shape index (κ3) is 3.79. The number of benzene rings is 3. The molecule has 0 saturated carbocycles. The number of aromatic amines is 1. The summed E-state index contributed by atoms with van der Waals surface area (Å²) in [6.07, 6.45) is 2.93. The minimum absolute atomic E-state index is 0.356. The van der Waals surface area contributed by atoms with E-state index in [2.05, 4.69) is 28.6 Å². The van der Waals surface area contributed by atoms with Gasteiger partial charge >= 0.3 is 5.97 Å². The van der Waals surface area contributed by atoms with Crippen molar-refractivity contribution < 1.29 is 9.90 Å². The van der Waals surface area contributed by atoms with Crippen molar-refractivity contribution in [3.63, 3.8) is 0 Å². The molecular formula is C27H25N3O2. The summed E-state index contributed by atoms with van der Waals surface area (Å²) in [4.78, 5) is 15.6. The molecule has 32 heavy (non-hydrogen) atoms. The highest BCUT2D eigenvalue weighted by atomic mass is 16.4. The van der Waals surface area contributed by atoms with Crippen LogP contribution in [-0.4, -0.2) is 27.2 Å². The van der Waals surface area contributed by atoms with Crippen LogP contribution >= 0.6 is 0 Å². The third-order valence-corrected chi connectivity index (χ3v) is 6.01. The Kier molecular flexibility index (Phi) is 5.48. The first-order valence-corrected chi connectivity index (χ1v) is 10.9. The predicted molar refractivity (Wildman–Crippen MR) is 128 cm³/mol. The molecule has 0 aliphatic heterocycles. The van der Waals surface area contributed by atoms with E-state index < -0.39 is 5.97 Å². The fourth-order valence-electron chi connectivity index (χ4n) is 4.50. The van der Waals surface area contributed by atoms with Crippen molar-refractivity contribution in [1.82, 2.24) is 14.9 Å². The van der Waals surface area contributed by atoms with Gasteiger partial charge in [-0.1, -0.05) is 66.7 Å². The number of nitrogens with zero attached hydrogens (tertiary/aromatic N) is 1. The molecule has 0 amide bonds. The average molecular weight is 424 g/mol. The highest BCUT2D eigenvalue weighted by molar-refractivity contribution is 5.98. The molecule has 0 saturated heterocycles. The molecule has 2 heterocycles. The minimum atomic E-state index is -0.898. The normalized spacial score (nSPS) is 11.4. The Labute approximate surface area is 186 Å². The van der Waals surface area contributed by atoms with Crippen LogP contribution in [0.1, 0.15) is 27.2 Å². The van der Waals surface area contributed by atoms with Crippen molar-refractivity contribution in [3.05, 3.63) is 107 Å². The first-order chi connectivity index (χ1) is 15.7. The van der Waals surface area contributed by atoms with Gasteiger partial charge < -0.3 is 20.0 Å². The lowest BCUT2D eigenvalue weighted by atomic mass is 10.1. The van der Waals surface area contributed by atoms with Crippen LogP contribution in [0.15, 0.2) is 85.1 Å². The molecule has 0 aliphatic rings. The minimum Gasteiger partial charge on any atom is -0.477 e. The molecule has 5 rings (SSSR count). The molecule has 0 bridgehead atoms. The fraction of sp³-hybridized carbons (Fsp3) is 0.148. The summed E-state index contributed by atoms with van der Waals surface area (Å²) in [5.41, 5.74) is 5.62. The number of hydrogen-bond acceptors (Lipinski definition) is 2. The van der Waals surface area contributed by atoms with Crippen LogP contribution in [0, 0.1) is 0 Å². The second-order valence-corrected chi connectivity index (χ2v) is 8.01. The number of carboxylic acids is 1. The van der Waals surface area contributed by atoms with Crippen molar-refractivity contribution in [2.24, 2.45) is 0 Å². The lowest BCUT2D eigenvalue weighted by Gasteiger charge is -2.10. The van der Waals surface area contributed by atoms with Gasteiger partial charge in [-0.3, -0.25) is 0 Å². The number of para-hydroxylation sites is 2. The lowest BCUT2D eigenvalue weighted by Crippen LogP contribution is -2.19. The van der Waals surface area contributed by atoms with Crippen LogP contribution in [0.3, 0.4) is 0 Å². The summed E-state index contributed by atoms with van der Waals surface area (Å²) in [5.74, 6) is -0.898. The van der Waals surface area contributed by atoms with Gasteiger partial charge in [0, 0.05) is 46.7 Å². The molecule has 3 aromatic carbocycles. The van der Waals surface area contributed by atoms with E-state index in [1.807, 2.05) is 71.3 Å². The smallest absolute Gasteiger partial charge is 0.352 e. The van der Waals surface area contributed by atoms with Crippen molar-refractivity contribution in [3.8, 4) is 0 Å². The molecule has 2 aromatic heterocycles. The molecule has 3 N–H and O–H groups in total. The molecule has 0 unspecified atom stereocenters. The number of rotatable bonds is 8. The number of nitrogens with one attached hydrogen (secondary N) is 2. The Balaban J connectivity index is 1.40. The Morgan fingerprint density at radius 1 is 0.906 bits per heavy atom. The maximum atomic E-state index is 12.3. The topological polar surface area (TPSA) is 70.1 Å². The van der Waals surface area contributed by atoms with Crippen LogP contribution in [0.2, 0.25) is 0 Å². The maximum absolute atomic E-state index is 12.3. The summed E-state index contributed by atoms with van der Waals surface area (Å²) < 4.78 is 1.92. The van der Waals surface area contributed by atoms with Crippen molar-refractivity contribution in [1.29, 1.82) is 0 Å². The standard InChI is InChI=1S/C27H25N3O2/c31-27(32)26-23(17-28-15-14-20-16-29-24-12-6-4-10-21(20)24)22-11-5-7-13-25(22)30(26)18-19-8-2-1-3-9-19/h1-13,16,28-29H,14-15,17-18H2,(H,31,32). The Morgan fingerprint density at radius 3 is 2.44 bits per heavy atom. The molecule has 0 spiro atoms.